The van der Waals surface area contributed by atoms with Crippen LogP contribution in [0.2, 0.25) is 0 Å². The topological polar surface area (TPSA) is 38.3 Å². The van der Waals surface area contributed by atoms with Gasteiger partial charge in [0, 0.05) is 24.1 Å². The standard InChI is InChI=1S/C12H14ClNO2/c13-6-1-7-16-10-4-2-9-3-5-12(15)14-11(9)8-10/h2,4,8H,1,3,5-7H2,(H,14,15). The van der Waals surface area contributed by atoms with Crippen LogP contribution in [0.4, 0.5) is 5.69 Å². The number of aryl methyl sites for hydroxylation is 1. The summed E-state index contributed by atoms with van der Waals surface area (Å²) in [6.07, 6.45) is 2.20. The van der Waals surface area contributed by atoms with Crippen molar-refractivity contribution in [3.05, 3.63) is 23.8 Å². The molecule has 3 nitrogen and oxygen atoms in total. The van der Waals surface area contributed by atoms with Crippen LogP contribution in [0.1, 0.15) is 18.4 Å². The summed E-state index contributed by atoms with van der Waals surface area (Å²) in [6.45, 7) is 0.607. The van der Waals surface area contributed by atoms with Crippen molar-refractivity contribution in [2.24, 2.45) is 0 Å². The van der Waals surface area contributed by atoms with E-state index in [2.05, 4.69) is 5.32 Å². The lowest BCUT2D eigenvalue weighted by molar-refractivity contribution is -0.116. The molecule has 1 aliphatic rings. The van der Waals surface area contributed by atoms with Gasteiger partial charge in [0.25, 0.3) is 0 Å². The molecule has 0 saturated heterocycles. The highest BCUT2D eigenvalue weighted by molar-refractivity contribution is 6.17. The number of anilines is 1. The van der Waals surface area contributed by atoms with Gasteiger partial charge in [-0.05, 0) is 24.5 Å². The van der Waals surface area contributed by atoms with Gasteiger partial charge in [-0.2, -0.15) is 0 Å². The van der Waals surface area contributed by atoms with E-state index in [-0.39, 0.29) is 5.91 Å². The van der Waals surface area contributed by atoms with E-state index in [9.17, 15) is 4.79 Å². The smallest absolute Gasteiger partial charge is 0.224 e. The number of ether oxygens (including phenoxy) is 1. The van der Waals surface area contributed by atoms with Gasteiger partial charge in [0.05, 0.1) is 6.61 Å². The van der Waals surface area contributed by atoms with E-state index in [1.807, 2.05) is 18.2 Å². The quantitative estimate of drug-likeness (QED) is 0.648. The summed E-state index contributed by atoms with van der Waals surface area (Å²) in [5.41, 5.74) is 2.05. The second-order valence-electron chi connectivity index (χ2n) is 3.76. The van der Waals surface area contributed by atoms with Gasteiger partial charge in [-0.1, -0.05) is 6.07 Å². The number of amides is 1. The van der Waals surface area contributed by atoms with E-state index in [1.54, 1.807) is 0 Å². The summed E-state index contributed by atoms with van der Waals surface area (Å²) in [5, 5.41) is 2.85. The Morgan fingerprint density at radius 1 is 1.38 bits per heavy atom. The molecular weight excluding hydrogens is 226 g/mol. The summed E-state index contributed by atoms with van der Waals surface area (Å²) in [4.78, 5) is 11.2. The average Bonchev–Trinajstić information content (AvgIpc) is 2.29. The molecule has 86 valence electrons. The summed E-state index contributed by atoms with van der Waals surface area (Å²) in [6, 6.07) is 5.82. The number of hydrogen-bond donors (Lipinski definition) is 1. The maximum Gasteiger partial charge on any atom is 0.224 e. The van der Waals surface area contributed by atoms with Crippen LogP contribution in [0.25, 0.3) is 0 Å². The normalized spacial score (nSPS) is 14.2. The van der Waals surface area contributed by atoms with Crippen molar-refractivity contribution in [2.45, 2.75) is 19.3 Å². The predicted octanol–water partition coefficient (Wildman–Crippen LogP) is 2.58. The summed E-state index contributed by atoms with van der Waals surface area (Å²) >= 11 is 5.57. The Morgan fingerprint density at radius 3 is 3.06 bits per heavy atom. The van der Waals surface area contributed by atoms with Crippen molar-refractivity contribution < 1.29 is 9.53 Å². The number of alkyl halides is 1. The summed E-state index contributed by atoms with van der Waals surface area (Å²) in [5.74, 6) is 1.46. The molecule has 0 bridgehead atoms. The minimum Gasteiger partial charge on any atom is -0.493 e. The zero-order chi connectivity index (χ0) is 11.4. The van der Waals surface area contributed by atoms with Crippen LogP contribution in [0.5, 0.6) is 5.75 Å². The Hall–Kier alpha value is -1.22. The van der Waals surface area contributed by atoms with Crippen molar-refractivity contribution in [3.63, 3.8) is 0 Å². The van der Waals surface area contributed by atoms with Crippen LogP contribution in [0.15, 0.2) is 18.2 Å². The molecule has 4 heteroatoms. The lowest BCUT2D eigenvalue weighted by Gasteiger charge is -2.17. The van der Waals surface area contributed by atoms with Gasteiger partial charge in [-0.15, -0.1) is 11.6 Å². The van der Waals surface area contributed by atoms with Crippen LogP contribution in [0, 0.1) is 0 Å². The van der Waals surface area contributed by atoms with Crippen LogP contribution in [0.3, 0.4) is 0 Å². The number of halogens is 1. The molecule has 0 fully saturated rings. The van der Waals surface area contributed by atoms with Crippen molar-refractivity contribution in [2.75, 3.05) is 17.8 Å². The number of benzene rings is 1. The van der Waals surface area contributed by atoms with E-state index in [0.29, 0.717) is 18.9 Å². The van der Waals surface area contributed by atoms with E-state index in [0.717, 1.165) is 24.3 Å². The molecule has 0 saturated carbocycles. The Morgan fingerprint density at radius 2 is 2.25 bits per heavy atom. The number of fused-ring (bicyclic) bond motifs is 1. The fourth-order valence-corrected chi connectivity index (χ4v) is 1.79. The second kappa shape index (κ2) is 5.21. The number of nitrogens with one attached hydrogen (secondary N) is 1. The first-order valence-electron chi connectivity index (χ1n) is 5.41. The molecule has 16 heavy (non-hydrogen) atoms. The molecule has 1 N–H and O–H groups in total. The molecule has 2 rings (SSSR count). The molecule has 0 spiro atoms. The highest BCUT2D eigenvalue weighted by Gasteiger charge is 2.14. The Labute approximate surface area is 99.7 Å². The largest absolute Gasteiger partial charge is 0.493 e. The fraction of sp³-hybridized carbons (Fsp3) is 0.417. The van der Waals surface area contributed by atoms with Crippen molar-refractivity contribution in [3.8, 4) is 5.75 Å². The predicted molar refractivity (Wildman–Crippen MR) is 64.2 cm³/mol. The minimum atomic E-state index is 0.0745. The van der Waals surface area contributed by atoms with E-state index in [4.69, 9.17) is 16.3 Å². The first kappa shape index (κ1) is 11.3. The third-order valence-corrected chi connectivity index (χ3v) is 2.79. The maximum absolute atomic E-state index is 11.2. The van der Waals surface area contributed by atoms with Crippen LogP contribution in [-0.2, 0) is 11.2 Å². The van der Waals surface area contributed by atoms with Crippen LogP contribution >= 0.6 is 11.6 Å². The summed E-state index contributed by atoms with van der Waals surface area (Å²) < 4.78 is 5.51. The summed E-state index contributed by atoms with van der Waals surface area (Å²) in [7, 11) is 0. The van der Waals surface area contributed by atoms with Crippen molar-refractivity contribution >= 4 is 23.2 Å². The number of rotatable bonds is 4. The third kappa shape index (κ3) is 2.67. The Kier molecular flexibility index (Phi) is 3.67. The molecule has 1 aromatic carbocycles. The van der Waals surface area contributed by atoms with E-state index >= 15 is 0 Å². The molecule has 1 aromatic rings. The first-order chi connectivity index (χ1) is 7.79. The van der Waals surface area contributed by atoms with Gasteiger partial charge in [0.15, 0.2) is 0 Å². The zero-order valence-corrected chi connectivity index (χ0v) is 9.72. The van der Waals surface area contributed by atoms with E-state index < -0.39 is 0 Å². The van der Waals surface area contributed by atoms with Gasteiger partial charge in [0.2, 0.25) is 5.91 Å². The van der Waals surface area contributed by atoms with Crippen LogP contribution < -0.4 is 10.1 Å². The zero-order valence-electron chi connectivity index (χ0n) is 8.96. The van der Waals surface area contributed by atoms with Crippen LogP contribution in [-0.4, -0.2) is 18.4 Å². The lowest BCUT2D eigenvalue weighted by atomic mass is 10.0. The second-order valence-corrected chi connectivity index (χ2v) is 4.14. The SMILES string of the molecule is O=C1CCc2ccc(OCCCCl)cc2N1. The Bertz CT molecular complexity index is 393. The average molecular weight is 240 g/mol. The molecule has 0 aliphatic carbocycles. The molecule has 1 aliphatic heterocycles. The molecule has 0 atom stereocenters. The van der Waals surface area contributed by atoms with Gasteiger partial charge in [-0.25, -0.2) is 0 Å². The third-order valence-electron chi connectivity index (χ3n) is 2.52. The number of hydrogen-bond acceptors (Lipinski definition) is 2. The first-order valence-corrected chi connectivity index (χ1v) is 5.94. The highest BCUT2D eigenvalue weighted by Crippen LogP contribution is 2.27. The maximum atomic E-state index is 11.2. The lowest BCUT2D eigenvalue weighted by Crippen LogP contribution is -2.18. The minimum absolute atomic E-state index is 0.0745. The molecule has 0 aromatic heterocycles. The molecular formula is C12H14ClNO2. The molecule has 0 radical (unpaired) electrons. The number of carbonyl (C=O) groups is 1. The monoisotopic (exact) mass is 239 g/mol. The molecule has 1 amide bonds. The highest BCUT2D eigenvalue weighted by atomic mass is 35.5. The van der Waals surface area contributed by atoms with E-state index in [1.165, 1.54) is 5.56 Å². The van der Waals surface area contributed by atoms with Crippen molar-refractivity contribution in [1.29, 1.82) is 0 Å². The van der Waals surface area contributed by atoms with Gasteiger partial charge < -0.3 is 10.1 Å². The molecule has 1 heterocycles. The van der Waals surface area contributed by atoms with Crippen molar-refractivity contribution in [1.82, 2.24) is 0 Å². The van der Waals surface area contributed by atoms with Gasteiger partial charge in [-0.3, -0.25) is 4.79 Å². The fourth-order valence-electron chi connectivity index (χ4n) is 1.69. The number of carbonyl (C=O) groups excluding carboxylic acids is 1. The van der Waals surface area contributed by atoms with Gasteiger partial charge >= 0.3 is 0 Å². The molecule has 0 unspecified atom stereocenters. The van der Waals surface area contributed by atoms with Gasteiger partial charge in [0.1, 0.15) is 5.75 Å². The Balaban J connectivity index is 2.06.